The largest absolute Gasteiger partial charge is 0.369 e. The molecule has 3 N–H and O–H groups in total. The Morgan fingerprint density at radius 2 is 1.94 bits per heavy atom. The number of nitrogens with two attached hydrogens (primary N) is 1. The van der Waals surface area contributed by atoms with E-state index in [4.69, 9.17) is 10.5 Å². The molecule has 0 bridgehead atoms. The number of hydrogen-bond acceptors (Lipinski definition) is 3. The van der Waals surface area contributed by atoms with E-state index in [1.54, 1.807) is 6.92 Å². The van der Waals surface area contributed by atoms with Gasteiger partial charge in [-0.25, -0.2) is 0 Å². The van der Waals surface area contributed by atoms with Crippen molar-refractivity contribution in [2.24, 2.45) is 17.6 Å². The van der Waals surface area contributed by atoms with Crippen molar-refractivity contribution in [3.63, 3.8) is 0 Å². The molecule has 0 saturated carbocycles. The molecule has 1 amide bonds. The fourth-order valence-electron chi connectivity index (χ4n) is 1.06. The van der Waals surface area contributed by atoms with Gasteiger partial charge in [-0.3, -0.25) is 4.79 Å². The minimum Gasteiger partial charge on any atom is -0.369 e. The quantitative estimate of drug-likeness (QED) is 0.657. The third-order valence-corrected chi connectivity index (χ3v) is 2.46. The van der Waals surface area contributed by atoms with Crippen LogP contribution in [-0.4, -0.2) is 31.7 Å². The van der Waals surface area contributed by atoms with Gasteiger partial charge in [-0.05, 0) is 31.7 Å². The molecule has 0 aliphatic heterocycles. The topological polar surface area (TPSA) is 64.3 Å². The predicted octanol–water partition coefficient (Wildman–Crippen LogP) is 1.15. The molecule has 0 rings (SSSR count). The molecule has 96 valence electrons. The zero-order chi connectivity index (χ0) is 12.6. The van der Waals surface area contributed by atoms with Crippen molar-refractivity contribution < 1.29 is 9.53 Å². The lowest BCUT2D eigenvalue weighted by molar-refractivity contribution is -0.132. The van der Waals surface area contributed by atoms with Crippen LogP contribution in [0.4, 0.5) is 0 Å². The number of nitrogens with one attached hydrogen (secondary N) is 1. The fraction of sp³-hybridized carbons (Fsp3) is 0.917. The lowest BCUT2D eigenvalue weighted by Gasteiger charge is -2.16. The summed E-state index contributed by atoms with van der Waals surface area (Å²) in [5, 5.41) is 2.83. The van der Waals surface area contributed by atoms with Crippen LogP contribution in [0.5, 0.6) is 0 Å². The Morgan fingerprint density at radius 3 is 2.44 bits per heavy atom. The van der Waals surface area contributed by atoms with Gasteiger partial charge in [0, 0.05) is 13.2 Å². The lowest BCUT2D eigenvalue weighted by Crippen LogP contribution is -2.38. The monoisotopic (exact) mass is 230 g/mol. The van der Waals surface area contributed by atoms with E-state index in [-0.39, 0.29) is 12.0 Å². The molecule has 0 aliphatic rings. The first-order valence-electron chi connectivity index (χ1n) is 6.06. The maximum absolute atomic E-state index is 11.6. The number of rotatable bonds is 8. The first kappa shape index (κ1) is 15.4. The highest BCUT2D eigenvalue weighted by atomic mass is 16.5. The number of carbonyl (C=O) groups is 1. The van der Waals surface area contributed by atoms with Crippen molar-refractivity contribution in [1.29, 1.82) is 0 Å². The van der Waals surface area contributed by atoms with Crippen LogP contribution < -0.4 is 11.1 Å². The number of ether oxygens (including phenoxy) is 1. The predicted molar refractivity (Wildman–Crippen MR) is 66.1 cm³/mol. The molecular weight excluding hydrogens is 204 g/mol. The fourth-order valence-corrected chi connectivity index (χ4v) is 1.06. The van der Waals surface area contributed by atoms with Crippen LogP contribution >= 0.6 is 0 Å². The molecule has 4 nitrogen and oxygen atoms in total. The smallest absolute Gasteiger partial charge is 0.248 e. The van der Waals surface area contributed by atoms with Gasteiger partial charge >= 0.3 is 0 Å². The van der Waals surface area contributed by atoms with E-state index >= 15 is 0 Å². The van der Waals surface area contributed by atoms with Crippen LogP contribution in [-0.2, 0) is 9.53 Å². The molecule has 2 atom stereocenters. The van der Waals surface area contributed by atoms with E-state index < -0.39 is 0 Å². The Labute approximate surface area is 98.9 Å². The van der Waals surface area contributed by atoms with Crippen molar-refractivity contribution in [2.45, 2.75) is 40.2 Å². The van der Waals surface area contributed by atoms with Crippen molar-refractivity contribution in [1.82, 2.24) is 5.32 Å². The third kappa shape index (κ3) is 7.65. The summed E-state index contributed by atoms with van der Waals surface area (Å²) in [4.78, 5) is 11.6. The SMILES string of the molecule is CC(C)CCOC(C)C(=O)NCC(C)CN. The highest BCUT2D eigenvalue weighted by Crippen LogP contribution is 2.01. The van der Waals surface area contributed by atoms with Gasteiger partial charge in [0.05, 0.1) is 0 Å². The summed E-state index contributed by atoms with van der Waals surface area (Å²) in [6.45, 7) is 9.90. The van der Waals surface area contributed by atoms with E-state index in [2.05, 4.69) is 19.2 Å². The van der Waals surface area contributed by atoms with Gasteiger partial charge in [0.2, 0.25) is 5.91 Å². The van der Waals surface area contributed by atoms with Crippen molar-refractivity contribution in [3.8, 4) is 0 Å². The van der Waals surface area contributed by atoms with Crippen LogP contribution in [0.15, 0.2) is 0 Å². The first-order valence-corrected chi connectivity index (χ1v) is 6.06. The molecular formula is C12H26N2O2. The molecule has 0 fully saturated rings. The molecule has 0 radical (unpaired) electrons. The van der Waals surface area contributed by atoms with Crippen molar-refractivity contribution >= 4 is 5.91 Å². The van der Waals surface area contributed by atoms with Crippen LogP contribution in [0, 0.1) is 11.8 Å². The third-order valence-electron chi connectivity index (χ3n) is 2.46. The first-order chi connectivity index (χ1) is 7.47. The van der Waals surface area contributed by atoms with E-state index in [0.29, 0.717) is 31.5 Å². The molecule has 0 aromatic rings. The Kier molecular flexibility index (Phi) is 8.21. The molecule has 0 aromatic heterocycles. The Balaban J connectivity index is 3.65. The zero-order valence-corrected chi connectivity index (χ0v) is 11.0. The minimum absolute atomic E-state index is 0.0518. The Morgan fingerprint density at radius 1 is 1.31 bits per heavy atom. The molecule has 0 spiro atoms. The highest BCUT2D eigenvalue weighted by molar-refractivity contribution is 5.80. The van der Waals surface area contributed by atoms with Gasteiger partial charge in [-0.15, -0.1) is 0 Å². The van der Waals surface area contributed by atoms with Crippen LogP contribution in [0.1, 0.15) is 34.1 Å². The zero-order valence-electron chi connectivity index (χ0n) is 11.0. The van der Waals surface area contributed by atoms with Crippen molar-refractivity contribution in [2.75, 3.05) is 19.7 Å². The van der Waals surface area contributed by atoms with Gasteiger partial charge in [0.15, 0.2) is 0 Å². The maximum atomic E-state index is 11.6. The second-order valence-electron chi connectivity index (χ2n) is 4.78. The number of amides is 1. The molecule has 4 heteroatoms. The van der Waals surface area contributed by atoms with Gasteiger partial charge < -0.3 is 15.8 Å². The van der Waals surface area contributed by atoms with Gasteiger partial charge in [0.1, 0.15) is 6.10 Å². The molecule has 0 heterocycles. The summed E-state index contributed by atoms with van der Waals surface area (Å²) in [5.74, 6) is 0.864. The molecule has 16 heavy (non-hydrogen) atoms. The Hall–Kier alpha value is -0.610. The van der Waals surface area contributed by atoms with E-state index in [0.717, 1.165) is 6.42 Å². The van der Waals surface area contributed by atoms with E-state index in [1.807, 2.05) is 6.92 Å². The number of hydrogen-bond donors (Lipinski definition) is 2. The minimum atomic E-state index is -0.372. The van der Waals surface area contributed by atoms with Crippen LogP contribution in [0.25, 0.3) is 0 Å². The Bertz CT molecular complexity index is 195. The van der Waals surface area contributed by atoms with E-state index in [1.165, 1.54) is 0 Å². The van der Waals surface area contributed by atoms with Gasteiger partial charge in [0.25, 0.3) is 0 Å². The van der Waals surface area contributed by atoms with Crippen LogP contribution in [0.2, 0.25) is 0 Å². The standard InChI is InChI=1S/C12H26N2O2/c1-9(2)5-6-16-11(4)12(15)14-8-10(3)7-13/h9-11H,5-8,13H2,1-4H3,(H,14,15). The number of carbonyl (C=O) groups excluding carboxylic acids is 1. The average molecular weight is 230 g/mol. The summed E-state index contributed by atoms with van der Waals surface area (Å²) in [7, 11) is 0. The summed E-state index contributed by atoms with van der Waals surface area (Å²) in [6.07, 6.45) is 0.611. The van der Waals surface area contributed by atoms with Gasteiger partial charge in [-0.1, -0.05) is 20.8 Å². The second-order valence-corrected chi connectivity index (χ2v) is 4.78. The summed E-state index contributed by atoms with van der Waals surface area (Å²) >= 11 is 0. The highest BCUT2D eigenvalue weighted by Gasteiger charge is 2.13. The lowest BCUT2D eigenvalue weighted by atomic mass is 10.1. The maximum Gasteiger partial charge on any atom is 0.248 e. The average Bonchev–Trinajstić information content (AvgIpc) is 2.24. The van der Waals surface area contributed by atoms with Gasteiger partial charge in [-0.2, -0.15) is 0 Å². The van der Waals surface area contributed by atoms with Crippen molar-refractivity contribution in [3.05, 3.63) is 0 Å². The van der Waals surface area contributed by atoms with E-state index in [9.17, 15) is 4.79 Å². The molecule has 0 aromatic carbocycles. The summed E-state index contributed by atoms with van der Waals surface area (Å²) in [6, 6.07) is 0. The van der Waals surface area contributed by atoms with Crippen LogP contribution in [0.3, 0.4) is 0 Å². The molecule has 2 unspecified atom stereocenters. The molecule has 0 saturated heterocycles. The normalized spacial score (nSPS) is 14.9. The summed E-state index contributed by atoms with van der Waals surface area (Å²) < 4.78 is 5.44. The second kappa shape index (κ2) is 8.53. The summed E-state index contributed by atoms with van der Waals surface area (Å²) in [5.41, 5.74) is 5.47. The molecule has 0 aliphatic carbocycles.